The molecule has 0 saturated heterocycles. The van der Waals surface area contributed by atoms with Gasteiger partial charge in [-0.25, -0.2) is 9.37 Å². The molecule has 3 aromatic rings. The van der Waals surface area contributed by atoms with Crippen LogP contribution in [0.4, 0.5) is 4.39 Å². The Hall–Kier alpha value is -3.01. The van der Waals surface area contributed by atoms with Crippen LogP contribution in [0.1, 0.15) is 22.8 Å². The number of benzene rings is 2. The van der Waals surface area contributed by atoms with Gasteiger partial charge in [0, 0.05) is 12.1 Å². The minimum atomic E-state index is -0.346. The van der Waals surface area contributed by atoms with E-state index in [1.807, 2.05) is 37.3 Å². The highest BCUT2D eigenvalue weighted by Gasteiger charge is 2.20. The maximum absolute atomic E-state index is 13.0. The first-order valence-electron chi connectivity index (χ1n) is 8.10. The van der Waals surface area contributed by atoms with Gasteiger partial charge >= 0.3 is 0 Å². The molecule has 0 aliphatic carbocycles. The second kappa shape index (κ2) is 7.71. The quantitative estimate of drug-likeness (QED) is 0.590. The average molecular weight is 335 g/mol. The number of halogens is 1. The molecular formula is C21H18FNO2. The summed E-state index contributed by atoms with van der Waals surface area (Å²) in [6.45, 7) is 1.89. The van der Waals surface area contributed by atoms with Crippen LogP contribution in [0.2, 0.25) is 0 Å². The first-order chi connectivity index (χ1) is 12.1. The van der Waals surface area contributed by atoms with Crippen molar-refractivity contribution in [3.63, 3.8) is 0 Å². The second-order valence-corrected chi connectivity index (χ2v) is 5.87. The monoisotopic (exact) mass is 335 g/mol. The fraction of sp³-hybridized carbons (Fsp3) is 0.143. The van der Waals surface area contributed by atoms with Crippen molar-refractivity contribution in [3.05, 3.63) is 89.9 Å². The van der Waals surface area contributed by atoms with Gasteiger partial charge in [-0.05, 0) is 48.4 Å². The molecule has 1 unspecified atom stereocenters. The third kappa shape index (κ3) is 4.29. The molecule has 0 saturated carbocycles. The second-order valence-electron chi connectivity index (χ2n) is 5.87. The first-order valence-corrected chi connectivity index (χ1v) is 8.10. The summed E-state index contributed by atoms with van der Waals surface area (Å²) in [5, 5.41) is 0. The number of ketones is 1. The van der Waals surface area contributed by atoms with Gasteiger partial charge in [-0.1, -0.05) is 37.3 Å². The van der Waals surface area contributed by atoms with Crippen molar-refractivity contribution in [2.45, 2.75) is 13.3 Å². The van der Waals surface area contributed by atoms with Gasteiger partial charge in [-0.15, -0.1) is 0 Å². The minimum absolute atomic E-state index is 0.0333. The zero-order chi connectivity index (χ0) is 17.6. The zero-order valence-electron chi connectivity index (χ0n) is 13.9. The van der Waals surface area contributed by atoms with Gasteiger partial charge in [0.15, 0.2) is 5.78 Å². The van der Waals surface area contributed by atoms with Crippen LogP contribution < -0.4 is 4.74 Å². The van der Waals surface area contributed by atoms with E-state index in [0.717, 1.165) is 5.56 Å². The fourth-order valence-corrected chi connectivity index (χ4v) is 2.60. The summed E-state index contributed by atoms with van der Waals surface area (Å²) in [6.07, 6.45) is 2.21. The van der Waals surface area contributed by atoms with Crippen LogP contribution in [0.3, 0.4) is 0 Å². The number of pyridine rings is 1. The molecule has 2 aromatic carbocycles. The number of Topliss-reactive ketones (excluding diaryl/α,β-unsaturated/α-hetero) is 1. The molecule has 1 aromatic heterocycles. The number of carbonyl (C=O) groups excluding carboxylic acids is 1. The molecule has 1 heterocycles. The topological polar surface area (TPSA) is 39.2 Å². The van der Waals surface area contributed by atoms with Crippen molar-refractivity contribution in [1.82, 2.24) is 4.98 Å². The van der Waals surface area contributed by atoms with Crippen LogP contribution in [0.5, 0.6) is 11.6 Å². The van der Waals surface area contributed by atoms with Crippen molar-refractivity contribution in [3.8, 4) is 11.6 Å². The normalized spacial score (nSPS) is 11.8. The molecular weight excluding hydrogens is 317 g/mol. The largest absolute Gasteiger partial charge is 0.438 e. The summed E-state index contributed by atoms with van der Waals surface area (Å²) in [5.41, 5.74) is 1.53. The van der Waals surface area contributed by atoms with Crippen molar-refractivity contribution >= 4 is 5.78 Å². The van der Waals surface area contributed by atoms with Crippen LogP contribution >= 0.6 is 0 Å². The van der Waals surface area contributed by atoms with E-state index in [-0.39, 0.29) is 23.4 Å². The summed E-state index contributed by atoms with van der Waals surface area (Å²) in [4.78, 5) is 17.0. The number of rotatable bonds is 6. The van der Waals surface area contributed by atoms with Gasteiger partial charge in [-0.3, -0.25) is 4.79 Å². The highest BCUT2D eigenvalue weighted by atomic mass is 19.1. The minimum Gasteiger partial charge on any atom is -0.438 e. The molecule has 0 amide bonds. The average Bonchev–Trinajstić information content (AvgIpc) is 2.64. The van der Waals surface area contributed by atoms with Crippen LogP contribution in [-0.2, 0) is 6.42 Å². The highest BCUT2D eigenvalue weighted by molar-refractivity contribution is 5.99. The third-order valence-electron chi connectivity index (χ3n) is 3.90. The summed E-state index contributed by atoms with van der Waals surface area (Å²) in [5.74, 6) is 0.0845. The van der Waals surface area contributed by atoms with Crippen LogP contribution in [0.15, 0.2) is 72.9 Å². The number of carbonyl (C=O) groups is 1. The van der Waals surface area contributed by atoms with Crippen molar-refractivity contribution in [2.75, 3.05) is 0 Å². The highest BCUT2D eigenvalue weighted by Crippen LogP contribution is 2.26. The van der Waals surface area contributed by atoms with Crippen LogP contribution in [0, 0.1) is 11.7 Å². The number of aromatic nitrogens is 1. The Labute approximate surface area is 146 Å². The number of hydrogen-bond acceptors (Lipinski definition) is 3. The summed E-state index contributed by atoms with van der Waals surface area (Å²) < 4.78 is 18.7. The lowest BCUT2D eigenvalue weighted by Gasteiger charge is -2.13. The van der Waals surface area contributed by atoms with Crippen LogP contribution in [-0.4, -0.2) is 10.8 Å². The molecule has 0 fully saturated rings. The Balaban J connectivity index is 1.79. The summed E-state index contributed by atoms with van der Waals surface area (Å²) >= 11 is 0. The Kier molecular flexibility index (Phi) is 5.19. The molecule has 3 rings (SSSR count). The van der Waals surface area contributed by atoms with E-state index in [1.54, 1.807) is 18.3 Å². The van der Waals surface area contributed by atoms with E-state index in [1.165, 1.54) is 24.3 Å². The maximum Gasteiger partial charge on any atom is 0.230 e. The molecule has 25 heavy (non-hydrogen) atoms. The van der Waals surface area contributed by atoms with Gasteiger partial charge < -0.3 is 4.74 Å². The van der Waals surface area contributed by atoms with E-state index < -0.39 is 0 Å². The predicted octanol–water partition coefficient (Wildman–Crippen LogP) is 5.07. The third-order valence-corrected chi connectivity index (χ3v) is 3.90. The molecule has 1 atom stereocenters. The Morgan fingerprint density at radius 3 is 2.48 bits per heavy atom. The van der Waals surface area contributed by atoms with Crippen molar-refractivity contribution in [2.24, 2.45) is 5.92 Å². The number of hydrogen-bond donors (Lipinski definition) is 0. The van der Waals surface area contributed by atoms with Crippen molar-refractivity contribution in [1.29, 1.82) is 0 Å². The van der Waals surface area contributed by atoms with Gasteiger partial charge in [-0.2, -0.15) is 0 Å². The molecule has 0 radical (unpaired) electrons. The fourth-order valence-electron chi connectivity index (χ4n) is 2.60. The van der Waals surface area contributed by atoms with Crippen molar-refractivity contribution < 1.29 is 13.9 Å². The lowest BCUT2D eigenvalue weighted by molar-refractivity contribution is 0.0926. The van der Waals surface area contributed by atoms with Gasteiger partial charge in [0.1, 0.15) is 11.6 Å². The number of nitrogens with zero attached hydrogens (tertiary/aromatic N) is 1. The van der Waals surface area contributed by atoms with E-state index in [0.29, 0.717) is 17.7 Å². The van der Waals surface area contributed by atoms with E-state index >= 15 is 0 Å². The lowest BCUT2D eigenvalue weighted by atomic mass is 9.93. The Morgan fingerprint density at radius 1 is 1.04 bits per heavy atom. The predicted molar refractivity (Wildman–Crippen MR) is 94.4 cm³/mol. The van der Waals surface area contributed by atoms with Gasteiger partial charge in [0.05, 0.1) is 5.56 Å². The van der Waals surface area contributed by atoms with Crippen LogP contribution in [0.25, 0.3) is 0 Å². The maximum atomic E-state index is 13.0. The Bertz CT molecular complexity index is 847. The molecule has 0 bridgehead atoms. The smallest absolute Gasteiger partial charge is 0.230 e. The summed E-state index contributed by atoms with van der Waals surface area (Å²) in [6, 6.07) is 18.9. The van der Waals surface area contributed by atoms with Gasteiger partial charge in [0.2, 0.25) is 5.88 Å². The first kappa shape index (κ1) is 16.8. The van der Waals surface area contributed by atoms with E-state index in [9.17, 15) is 9.18 Å². The molecule has 4 heteroatoms. The molecule has 0 N–H and O–H groups in total. The zero-order valence-corrected chi connectivity index (χ0v) is 13.9. The Morgan fingerprint density at radius 2 is 1.76 bits per heavy atom. The van der Waals surface area contributed by atoms with E-state index in [2.05, 4.69) is 4.98 Å². The van der Waals surface area contributed by atoms with E-state index in [4.69, 9.17) is 4.74 Å². The SMILES string of the molecule is CC(Cc1ccccc1)C(=O)c1cccnc1Oc1ccc(F)cc1. The van der Waals surface area contributed by atoms with Gasteiger partial charge in [0.25, 0.3) is 0 Å². The molecule has 0 aliphatic heterocycles. The standard InChI is InChI=1S/C21H18FNO2/c1-15(14-16-6-3-2-4-7-16)20(24)19-8-5-13-23-21(19)25-18-11-9-17(22)10-12-18/h2-13,15H,14H2,1H3. The number of ether oxygens (including phenoxy) is 1. The summed E-state index contributed by atoms with van der Waals surface area (Å²) in [7, 11) is 0. The molecule has 3 nitrogen and oxygen atoms in total. The molecule has 0 aliphatic rings. The molecule has 0 spiro atoms. The lowest BCUT2D eigenvalue weighted by Crippen LogP contribution is -2.15. The molecule has 126 valence electrons.